The van der Waals surface area contributed by atoms with Crippen molar-refractivity contribution in [1.29, 1.82) is 0 Å². The third kappa shape index (κ3) is 11.8. The third-order valence-corrected chi connectivity index (χ3v) is 8.22. The van der Waals surface area contributed by atoms with E-state index in [1.807, 2.05) is 84.9 Å². The number of nitrogens with two attached hydrogens (primary N) is 2. The first-order valence-electron chi connectivity index (χ1n) is 16.3. The number of carbonyl (C=O) groups excluding carboxylic acids is 5. The smallest absolute Gasteiger partial charge is 0.243 e. The average Bonchev–Trinajstić information content (AvgIpc) is 3.10. The maximum atomic E-state index is 13.5. The summed E-state index contributed by atoms with van der Waals surface area (Å²) < 4.78 is 0. The topological polar surface area (TPSA) is 173 Å². The molecule has 0 bridgehead atoms. The SMILES string of the molecule is C[C@@H](Cc1ccc(NC(=O)CCC(=O)N[C@H](CCc2ccccc2)C(=O)N[C@@H](Cc2ccc(-c3ccccc3)cc2)C(N)=O)cc1)C(N)=O. The summed E-state index contributed by atoms with van der Waals surface area (Å²) in [4.78, 5) is 62.9. The Kier molecular flexibility index (Phi) is 13.2. The minimum Gasteiger partial charge on any atom is -0.369 e. The third-order valence-electron chi connectivity index (χ3n) is 8.22. The highest BCUT2D eigenvalue weighted by Crippen LogP contribution is 2.20. The molecule has 0 aliphatic heterocycles. The fourth-order valence-corrected chi connectivity index (χ4v) is 5.31. The van der Waals surface area contributed by atoms with E-state index in [2.05, 4.69) is 16.0 Å². The van der Waals surface area contributed by atoms with Gasteiger partial charge in [-0.05, 0) is 59.2 Å². The molecule has 3 atom stereocenters. The molecule has 0 aromatic heterocycles. The van der Waals surface area contributed by atoms with Gasteiger partial charge in [-0.2, -0.15) is 0 Å². The summed E-state index contributed by atoms with van der Waals surface area (Å²) in [6.07, 6.45) is 1.18. The molecular formula is C39H43N5O5. The van der Waals surface area contributed by atoms with Crippen LogP contribution in [0.25, 0.3) is 11.1 Å². The maximum Gasteiger partial charge on any atom is 0.243 e. The normalized spacial score (nSPS) is 12.6. The second-order valence-electron chi connectivity index (χ2n) is 12.1. The first-order chi connectivity index (χ1) is 23.6. The van der Waals surface area contributed by atoms with Crippen LogP contribution < -0.4 is 27.4 Å². The number of anilines is 1. The van der Waals surface area contributed by atoms with Gasteiger partial charge in [0.1, 0.15) is 12.1 Å². The Bertz CT molecular complexity index is 1710. The predicted molar refractivity (Wildman–Crippen MR) is 190 cm³/mol. The Morgan fingerprint density at radius 3 is 1.73 bits per heavy atom. The Balaban J connectivity index is 1.34. The molecule has 10 nitrogen and oxygen atoms in total. The largest absolute Gasteiger partial charge is 0.369 e. The van der Waals surface area contributed by atoms with E-state index in [0.29, 0.717) is 18.5 Å². The molecule has 4 aromatic rings. The average molecular weight is 662 g/mol. The highest BCUT2D eigenvalue weighted by atomic mass is 16.2. The maximum absolute atomic E-state index is 13.5. The minimum atomic E-state index is -0.998. The van der Waals surface area contributed by atoms with E-state index in [-0.39, 0.29) is 43.4 Å². The number of nitrogens with one attached hydrogen (secondary N) is 3. The van der Waals surface area contributed by atoms with Crippen LogP contribution in [0.4, 0.5) is 5.69 Å². The summed E-state index contributed by atoms with van der Waals surface area (Å²) in [5.41, 5.74) is 16.4. The van der Waals surface area contributed by atoms with E-state index < -0.39 is 29.8 Å². The highest BCUT2D eigenvalue weighted by Gasteiger charge is 2.26. The molecule has 7 N–H and O–H groups in total. The quantitative estimate of drug-likeness (QED) is 0.115. The van der Waals surface area contributed by atoms with Gasteiger partial charge in [-0.15, -0.1) is 0 Å². The van der Waals surface area contributed by atoms with Crippen LogP contribution in [0.15, 0.2) is 109 Å². The number of carbonyl (C=O) groups is 5. The molecule has 0 heterocycles. The lowest BCUT2D eigenvalue weighted by Crippen LogP contribution is -2.53. The zero-order valence-corrected chi connectivity index (χ0v) is 27.6. The summed E-state index contributed by atoms with van der Waals surface area (Å²) in [6, 6.07) is 32.2. The van der Waals surface area contributed by atoms with E-state index in [1.54, 1.807) is 31.2 Å². The predicted octanol–water partition coefficient (Wildman–Crippen LogP) is 4.07. The Morgan fingerprint density at radius 2 is 1.12 bits per heavy atom. The van der Waals surface area contributed by atoms with Gasteiger partial charge < -0.3 is 27.4 Å². The van der Waals surface area contributed by atoms with Crippen LogP contribution in [0.3, 0.4) is 0 Å². The second-order valence-corrected chi connectivity index (χ2v) is 12.1. The zero-order valence-electron chi connectivity index (χ0n) is 27.6. The number of rotatable bonds is 17. The molecule has 0 saturated carbocycles. The van der Waals surface area contributed by atoms with Crippen LogP contribution in [0.5, 0.6) is 0 Å². The Hall–Kier alpha value is -5.77. The van der Waals surface area contributed by atoms with Crippen LogP contribution in [-0.4, -0.2) is 41.6 Å². The molecule has 0 fully saturated rings. The number of hydrogen-bond donors (Lipinski definition) is 5. The van der Waals surface area contributed by atoms with Crippen molar-refractivity contribution in [2.75, 3.05) is 5.32 Å². The second kappa shape index (κ2) is 18.0. The molecule has 0 unspecified atom stereocenters. The van der Waals surface area contributed by atoms with E-state index >= 15 is 0 Å². The van der Waals surface area contributed by atoms with Gasteiger partial charge in [0.15, 0.2) is 0 Å². The van der Waals surface area contributed by atoms with Crippen molar-refractivity contribution in [3.63, 3.8) is 0 Å². The molecule has 0 radical (unpaired) electrons. The number of primary amides is 2. The van der Waals surface area contributed by atoms with E-state index in [1.165, 1.54) is 0 Å². The van der Waals surface area contributed by atoms with Crippen molar-refractivity contribution in [3.8, 4) is 11.1 Å². The molecule has 4 rings (SSSR count). The molecule has 0 aliphatic rings. The Morgan fingerprint density at radius 1 is 0.571 bits per heavy atom. The molecule has 5 amide bonds. The molecule has 10 heteroatoms. The molecule has 49 heavy (non-hydrogen) atoms. The molecular weight excluding hydrogens is 618 g/mol. The van der Waals surface area contributed by atoms with Crippen LogP contribution in [-0.2, 0) is 43.2 Å². The van der Waals surface area contributed by atoms with E-state index in [0.717, 1.165) is 27.8 Å². The monoisotopic (exact) mass is 661 g/mol. The highest BCUT2D eigenvalue weighted by molar-refractivity contribution is 5.95. The summed E-state index contributed by atoms with van der Waals surface area (Å²) >= 11 is 0. The lowest BCUT2D eigenvalue weighted by atomic mass is 9.99. The van der Waals surface area contributed by atoms with E-state index in [4.69, 9.17) is 11.5 Å². The van der Waals surface area contributed by atoms with Gasteiger partial charge in [-0.3, -0.25) is 24.0 Å². The minimum absolute atomic E-state index is 0.109. The van der Waals surface area contributed by atoms with Gasteiger partial charge in [-0.25, -0.2) is 0 Å². The van der Waals surface area contributed by atoms with Gasteiger partial charge in [0, 0.05) is 30.9 Å². The molecule has 254 valence electrons. The Labute approximate surface area is 286 Å². The molecule has 4 aromatic carbocycles. The first-order valence-corrected chi connectivity index (χ1v) is 16.3. The number of aryl methyl sites for hydroxylation is 1. The van der Waals surface area contributed by atoms with E-state index in [9.17, 15) is 24.0 Å². The van der Waals surface area contributed by atoms with Crippen LogP contribution >= 0.6 is 0 Å². The summed E-state index contributed by atoms with van der Waals surface area (Å²) in [7, 11) is 0. The summed E-state index contributed by atoms with van der Waals surface area (Å²) in [6.45, 7) is 1.75. The lowest BCUT2D eigenvalue weighted by molar-refractivity contribution is -0.131. The zero-order chi connectivity index (χ0) is 35.2. The van der Waals surface area contributed by atoms with Crippen molar-refractivity contribution in [1.82, 2.24) is 10.6 Å². The van der Waals surface area contributed by atoms with Crippen LogP contribution in [0.1, 0.15) is 42.9 Å². The first kappa shape index (κ1) is 36.1. The van der Waals surface area contributed by atoms with Gasteiger partial charge in [0.05, 0.1) is 0 Å². The van der Waals surface area contributed by atoms with Gasteiger partial charge in [0.2, 0.25) is 29.5 Å². The van der Waals surface area contributed by atoms with Crippen LogP contribution in [0, 0.1) is 5.92 Å². The van der Waals surface area contributed by atoms with Gasteiger partial charge in [0.25, 0.3) is 0 Å². The van der Waals surface area contributed by atoms with Crippen molar-refractivity contribution in [2.45, 2.75) is 57.5 Å². The summed E-state index contributed by atoms with van der Waals surface area (Å²) in [5, 5.41) is 8.25. The molecule has 0 saturated heterocycles. The number of amides is 5. The lowest BCUT2D eigenvalue weighted by Gasteiger charge is -2.22. The van der Waals surface area contributed by atoms with Gasteiger partial charge >= 0.3 is 0 Å². The summed E-state index contributed by atoms with van der Waals surface area (Å²) in [5.74, 6) is -2.77. The molecule has 0 aliphatic carbocycles. The fraction of sp³-hybridized carbons (Fsp3) is 0.256. The van der Waals surface area contributed by atoms with Crippen molar-refractivity contribution in [2.24, 2.45) is 17.4 Å². The van der Waals surface area contributed by atoms with Crippen molar-refractivity contribution < 1.29 is 24.0 Å². The van der Waals surface area contributed by atoms with Crippen molar-refractivity contribution >= 4 is 35.2 Å². The standard InChI is InChI=1S/C39H43N5O5/c1-26(37(40)47)24-28-14-19-32(20-15-28)42-35(45)22-23-36(46)43-33(21-16-27-8-4-2-5-9-27)39(49)44-34(38(41)48)25-29-12-17-31(18-13-29)30-10-6-3-7-11-30/h2-15,17-20,26,33-34H,16,21-25H2,1H3,(H2,40,47)(H2,41,48)(H,42,45)(H,43,46)(H,44,49)/t26-,33+,34-/m0/s1. The van der Waals surface area contributed by atoms with Crippen molar-refractivity contribution in [3.05, 3.63) is 126 Å². The van der Waals surface area contributed by atoms with Gasteiger partial charge in [-0.1, -0.05) is 104 Å². The molecule has 0 spiro atoms. The fourth-order valence-electron chi connectivity index (χ4n) is 5.31. The van der Waals surface area contributed by atoms with Crippen LogP contribution in [0.2, 0.25) is 0 Å². The number of benzene rings is 4. The number of hydrogen-bond acceptors (Lipinski definition) is 5.